The topological polar surface area (TPSA) is 81.5 Å². The fourth-order valence-electron chi connectivity index (χ4n) is 3.91. The van der Waals surface area contributed by atoms with Crippen LogP contribution < -0.4 is 4.74 Å². The number of ether oxygens (including phenoxy) is 1. The molecule has 0 amide bonds. The molecule has 0 spiro atoms. The Hall–Kier alpha value is -3.36. The molecule has 0 bridgehead atoms. The van der Waals surface area contributed by atoms with E-state index >= 15 is 4.39 Å². The van der Waals surface area contributed by atoms with E-state index < -0.39 is 11.6 Å². The summed E-state index contributed by atoms with van der Waals surface area (Å²) < 4.78 is 36.3. The van der Waals surface area contributed by atoms with Crippen LogP contribution in [0.2, 0.25) is 0 Å². The first-order valence-corrected chi connectivity index (χ1v) is 9.02. The van der Waals surface area contributed by atoms with Gasteiger partial charge in [-0.25, -0.2) is 18.4 Å². The van der Waals surface area contributed by atoms with Gasteiger partial charge in [0.25, 0.3) is 0 Å². The predicted molar refractivity (Wildman–Crippen MR) is 95.3 cm³/mol. The highest BCUT2D eigenvalue weighted by Gasteiger charge is 2.42. The van der Waals surface area contributed by atoms with E-state index in [-0.39, 0.29) is 0 Å². The van der Waals surface area contributed by atoms with E-state index in [1.165, 1.54) is 18.3 Å². The average Bonchev–Trinajstić information content (AvgIpc) is 3.14. The maximum Gasteiger partial charge on any atom is 0.220 e. The Morgan fingerprint density at radius 2 is 2.00 bits per heavy atom. The van der Waals surface area contributed by atoms with E-state index in [0.29, 0.717) is 64.4 Å². The van der Waals surface area contributed by atoms with Crippen molar-refractivity contribution >= 4 is 11.0 Å². The third-order valence-corrected chi connectivity index (χ3v) is 5.47. The second-order valence-electron chi connectivity index (χ2n) is 7.25. The first-order valence-electron chi connectivity index (χ1n) is 9.02. The van der Waals surface area contributed by atoms with Crippen LogP contribution in [0.15, 0.2) is 30.7 Å². The van der Waals surface area contributed by atoms with Gasteiger partial charge >= 0.3 is 0 Å². The van der Waals surface area contributed by atoms with E-state index in [0.717, 1.165) is 18.8 Å². The maximum atomic E-state index is 15.0. The number of fused-ring (bicyclic) bond motifs is 3. The van der Waals surface area contributed by atoms with E-state index in [9.17, 15) is 4.39 Å². The van der Waals surface area contributed by atoms with Crippen molar-refractivity contribution in [3.8, 4) is 28.4 Å². The molecule has 0 radical (unpaired) electrons. The number of rotatable bonds is 2. The third kappa shape index (κ3) is 2.25. The molecule has 140 valence electrons. The molecular weight excluding hydrogens is 366 g/mol. The van der Waals surface area contributed by atoms with Crippen LogP contribution >= 0.6 is 0 Å². The molecule has 1 aliphatic carbocycles. The van der Waals surface area contributed by atoms with E-state index in [4.69, 9.17) is 4.74 Å². The van der Waals surface area contributed by atoms with Crippen molar-refractivity contribution in [3.05, 3.63) is 42.4 Å². The zero-order valence-electron chi connectivity index (χ0n) is 14.6. The highest BCUT2D eigenvalue weighted by Crippen LogP contribution is 2.48. The Morgan fingerprint density at radius 1 is 1.07 bits per heavy atom. The number of hydrogen-bond donors (Lipinski definition) is 1. The van der Waals surface area contributed by atoms with E-state index in [1.807, 2.05) is 0 Å². The lowest BCUT2D eigenvalue weighted by atomic mass is 10.0. The van der Waals surface area contributed by atoms with Gasteiger partial charge in [0.05, 0.1) is 36.5 Å². The number of pyridine rings is 2. The van der Waals surface area contributed by atoms with Gasteiger partial charge in [-0.2, -0.15) is 10.2 Å². The number of H-pyrrole nitrogens is 1. The molecule has 2 atom stereocenters. The lowest BCUT2D eigenvalue weighted by Gasteiger charge is -2.10. The van der Waals surface area contributed by atoms with Crippen LogP contribution in [-0.2, 0) is 6.54 Å². The Balaban J connectivity index is 1.66. The van der Waals surface area contributed by atoms with Crippen LogP contribution in [0.25, 0.3) is 33.5 Å². The summed E-state index contributed by atoms with van der Waals surface area (Å²) in [6.45, 7) is 1.27. The van der Waals surface area contributed by atoms with Crippen molar-refractivity contribution in [1.82, 2.24) is 29.9 Å². The zero-order chi connectivity index (χ0) is 18.8. The van der Waals surface area contributed by atoms with Gasteiger partial charge in [0.2, 0.25) is 5.88 Å². The summed E-state index contributed by atoms with van der Waals surface area (Å²) in [5, 5.41) is 12.0. The summed E-state index contributed by atoms with van der Waals surface area (Å²) in [6.07, 6.45) is 4.91. The lowest BCUT2D eigenvalue weighted by molar-refractivity contribution is 0.286. The summed E-state index contributed by atoms with van der Waals surface area (Å²) in [5.41, 5.74) is 2.15. The number of nitrogens with zero attached hydrogens (tertiary/aromatic N) is 5. The van der Waals surface area contributed by atoms with Gasteiger partial charge in [-0.05, 0) is 30.4 Å². The van der Waals surface area contributed by atoms with Crippen LogP contribution in [0.5, 0.6) is 5.88 Å². The smallest absolute Gasteiger partial charge is 0.220 e. The lowest BCUT2D eigenvalue weighted by Crippen LogP contribution is -2.04. The number of hydrogen-bond acceptors (Lipinski definition) is 5. The van der Waals surface area contributed by atoms with Crippen molar-refractivity contribution < 1.29 is 13.5 Å². The molecule has 9 heteroatoms. The van der Waals surface area contributed by atoms with Crippen molar-refractivity contribution in [2.24, 2.45) is 11.8 Å². The van der Waals surface area contributed by atoms with Gasteiger partial charge in [-0.15, -0.1) is 0 Å². The molecule has 1 saturated carbocycles. The Morgan fingerprint density at radius 3 is 2.86 bits per heavy atom. The van der Waals surface area contributed by atoms with Crippen LogP contribution in [0, 0.1) is 23.5 Å². The summed E-state index contributed by atoms with van der Waals surface area (Å²) in [4.78, 5) is 8.21. The van der Waals surface area contributed by atoms with Crippen molar-refractivity contribution in [3.63, 3.8) is 0 Å². The summed E-state index contributed by atoms with van der Waals surface area (Å²) in [7, 11) is 0. The van der Waals surface area contributed by atoms with Gasteiger partial charge in [-0.1, -0.05) is 0 Å². The van der Waals surface area contributed by atoms with Crippen LogP contribution in [-0.4, -0.2) is 36.6 Å². The minimum Gasteiger partial charge on any atom is -0.477 e. The van der Waals surface area contributed by atoms with Crippen LogP contribution in [0.4, 0.5) is 8.78 Å². The molecule has 4 aromatic heterocycles. The highest BCUT2D eigenvalue weighted by molar-refractivity contribution is 5.98. The molecule has 0 saturated heterocycles. The van der Waals surface area contributed by atoms with Crippen molar-refractivity contribution in [2.45, 2.75) is 13.0 Å². The minimum atomic E-state index is -0.508. The SMILES string of the molecule is Fc1ccc(-c2nn3c(c2-c2c(F)cnc4[nH]ncc24)OC[C@@H]2C[C@@H]2C3)nc1. The fourth-order valence-corrected chi connectivity index (χ4v) is 3.91. The number of halogens is 2. The average molecular weight is 380 g/mol. The summed E-state index contributed by atoms with van der Waals surface area (Å²) in [6, 6.07) is 2.84. The van der Waals surface area contributed by atoms with Gasteiger partial charge in [0.1, 0.15) is 17.3 Å². The monoisotopic (exact) mass is 380 g/mol. The molecule has 4 aromatic rings. The standard InChI is InChI=1S/C19H14F2N6O/c20-11-1-2-14(22-4-11)17-16(15-12-5-24-25-18(12)23-6-13(15)21)19-27(26-17)7-9-3-10(9)8-28-19/h1-2,4-6,9-10H,3,7-8H2,(H,23,24,25)/t9-,10+/m1/s1. The molecule has 7 nitrogen and oxygen atoms in total. The summed E-state index contributed by atoms with van der Waals surface area (Å²) in [5.74, 6) is 0.569. The number of nitrogens with one attached hydrogen (secondary N) is 1. The van der Waals surface area contributed by atoms with Crippen LogP contribution in [0.3, 0.4) is 0 Å². The Bertz CT molecular complexity index is 1220. The van der Waals surface area contributed by atoms with Crippen molar-refractivity contribution in [2.75, 3.05) is 6.61 Å². The Kier molecular flexibility index (Phi) is 3.12. The first-order chi connectivity index (χ1) is 13.7. The second kappa shape index (κ2) is 5.57. The molecule has 1 fully saturated rings. The molecule has 2 aliphatic rings. The third-order valence-electron chi connectivity index (χ3n) is 5.47. The normalized spacial score (nSPS) is 20.4. The molecule has 1 aliphatic heterocycles. The predicted octanol–water partition coefficient (Wildman–Crippen LogP) is 3.19. The van der Waals surface area contributed by atoms with Gasteiger partial charge < -0.3 is 4.74 Å². The van der Waals surface area contributed by atoms with Crippen molar-refractivity contribution in [1.29, 1.82) is 0 Å². The quantitative estimate of drug-likeness (QED) is 0.578. The number of aromatic amines is 1. The molecule has 6 rings (SSSR count). The molecular formula is C19H14F2N6O. The minimum absolute atomic E-state index is 0.302. The molecule has 28 heavy (non-hydrogen) atoms. The second-order valence-corrected chi connectivity index (χ2v) is 7.25. The van der Waals surface area contributed by atoms with E-state index in [2.05, 4.69) is 25.3 Å². The first kappa shape index (κ1) is 15.7. The van der Waals surface area contributed by atoms with Gasteiger partial charge in [0.15, 0.2) is 5.65 Å². The highest BCUT2D eigenvalue weighted by atomic mass is 19.1. The molecule has 0 aromatic carbocycles. The van der Waals surface area contributed by atoms with E-state index in [1.54, 1.807) is 4.68 Å². The molecule has 0 unspecified atom stereocenters. The van der Waals surface area contributed by atoms with Gasteiger partial charge in [0, 0.05) is 17.5 Å². The number of aromatic nitrogens is 6. The molecule has 1 N–H and O–H groups in total. The van der Waals surface area contributed by atoms with Gasteiger partial charge in [-0.3, -0.25) is 10.1 Å². The zero-order valence-corrected chi connectivity index (χ0v) is 14.6. The summed E-state index contributed by atoms with van der Waals surface area (Å²) >= 11 is 0. The van der Waals surface area contributed by atoms with Crippen LogP contribution in [0.1, 0.15) is 6.42 Å². The largest absolute Gasteiger partial charge is 0.477 e. The fraction of sp³-hybridized carbons (Fsp3) is 0.263. The maximum absolute atomic E-state index is 15.0. The Labute approximate surface area is 157 Å². The molecule has 5 heterocycles.